The Bertz CT molecular complexity index is 1750. The summed E-state index contributed by atoms with van der Waals surface area (Å²) < 4.78 is 1.51. The Morgan fingerprint density at radius 3 is 2.42 bits per heavy atom. The first-order valence-corrected chi connectivity index (χ1v) is 14.5. The Balaban J connectivity index is 1.54. The molecule has 10 heteroatoms. The summed E-state index contributed by atoms with van der Waals surface area (Å²) in [7, 11) is 1.68. The van der Waals surface area contributed by atoms with Gasteiger partial charge in [0, 0.05) is 39.1 Å². The van der Waals surface area contributed by atoms with Gasteiger partial charge in [0.15, 0.2) is 0 Å². The number of carbonyl (C=O) groups excluding carboxylic acids is 3. The van der Waals surface area contributed by atoms with Crippen molar-refractivity contribution in [2.24, 2.45) is 5.41 Å². The van der Waals surface area contributed by atoms with Gasteiger partial charge >= 0.3 is 5.69 Å². The normalized spacial score (nSPS) is 15.0. The minimum Gasteiger partial charge on any atom is -0.336 e. The fourth-order valence-electron chi connectivity index (χ4n) is 5.92. The molecular weight excluding hydrogens is 544 g/mol. The predicted octanol–water partition coefficient (Wildman–Crippen LogP) is 4.09. The van der Waals surface area contributed by atoms with E-state index in [1.807, 2.05) is 61.5 Å². The van der Waals surface area contributed by atoms with Crippen molar-refractivity contribution in [3.63, 3.8) is 0 Å². The maximum Gasteiger partial charge on any atom is 0.327 e. The zero-order valence-electron chi connectivity index (χ0n) is 25.5. The summed E-state index contributed by atoms with van der Waals surface area (Å²) in [4.78, 5) is 66.2. The number of nitrogens with one attached hydrogen (secondary N) is 1. The molecule has 1 N–H and O–H groups in total. The van der Waals surface area contributed by atoms with E-state index in [2.05, 4.69) is 9.97 Å². The second-order valence-electron chi connectivity index (χ2n) is 12.0. The summed E-state index contributed by atoms with van der Waals surface area (Å²) in [6.07, 6.45) is 4.05. The number of aromatic nitrogens is 3. The number of anilines is 2. The summed E-state index contributed by atoms with van der Waals surface area (Å²) in [5.74, 6) is -0.775. The minimum absolute atomic E-state index is 0.228. The lowest BCUT2D eigenvalue weighted by Gasteiger charge is -2.33. The van der Waals surface area contributed by atoms with Crippen molar-refractivity contribution in [1.82, 2.24) is 19.4 Å². The van der Waals surface area contributed by atoms with Gasteiger partial charge < -0.3 is 19.7 Å². The molecule has 43 heavy (non-hydrogen) atoms. The Morgan fingerprint density at radius 2 is 1.72 bits per heavy atom. The first-order chi connectivity index (χ1) is 20.4. The highest BCUT2D eigenvalue weighted by molar-refractivity contribution is 6.19. The fourth-order valence-corrected chi connectivity index (χ4v) is 5.92. The molecule has 4 aromatic rings. The molecule has 0 radical (unpaired) electrons. The van der Waals surface area contributed by atoms with Gasteiger partial charge in [-0.2, -0.15) is 0 Å². The average molecular weight is 583 g/mol. The van der Waals surface area contributed by atoms with Gasteiger partial charge in [-0.3, -0.25) is 23.9 Å². The van der Waals surface area contributed by atoms with Crippen LogP contribution in [0.25, 0.3) is 11.0 Å². The second kappa shape index (κ2) is 11.2. The Labute approximate surface area is 250 Å². The number of para-hydroxylation sites is 2. The summed E-state index contributed by atoms with van der Waals surface area (Å²) in [6, 6.07) is 16.7. The quantitative estimate of drug-likeness (QED) is 0.315. The van der Waals surface area contributed by atoms with E-state index in [-0.39, 0.29) is 30.0 Å². The second-order valence-corrected chi connectivity index (χ2v) is 12.0. The van der Waals surface area contributed by atoms with Crippen LogP contribution >= 0.6 is 0 Å². The molecule has 0 fully saturated rings. The van der Waals surface area contributed by atoms with Crippen LogP contribution in [0.15, 0.2) is 71.8 Å². The van der Waals surface area contributed by atoms with Gasteiger partial charge in [-0.25, -0.2) is 4.79 Å². The van der Waals surface area contributed by atoms with Crippen LogP contribution in [0, 0.1) is 5.41 Å². The number of imidazole rings is 1. The van der Waals surface area contributed by atoms with Gasteiger partial charge in [0.25, 0.3) is 0 Å². The van der Waals surface area contributed by atoms with Gasteiger partial charge in [0.05, 0.1) is 22.4 Å². The number of fused-ring (bicyclic) bond motifs is 2. The number of carbonyl (C=O) groups is 3. The van der Waals surface area contributed by atoms with Crippen LogP contribution in [0.4, 0.5) is 11.4 Å². The van der Waals surface area contributed by atoms with Crippen molar-refractivity contribution in [2.45, 2.75) is 53.1 Å². The fraction of sp³-hybridized carbons (Fsp3) is 0.364. The molecule has 3 amide bonds. The Hall–Kier alpha value is -4.73. The van der Waals surface area contributed by atoms with Gasteiger partial charge in [-0.05, 0) is 82.5 Å². The molecule has 0 unspecified atom stereocenters. The van der Waals surface area contributed by atoms with Gasteiger partial charge in [-0.15, -0.1) is 0 Å². The monoisotopic (exact) mass is 582 g/mol. The average Bonchev–Trinajstić information content (AvgIpc) is 3.33. The lowest BCUT2D eigenvalue weighted by Crippen LogP contribution is -2.50. The number of benzene rings is 2. The van der Waals surface area contributed by atoms with E-state index in [1.165, 1.54) is 9.47 Å². The maximum absolute atomic E-state index is 14.4. The summed E-state index contributed by atoms with van der Waals surface area (Å²) >= 11 is 0. The van der Waals surface area contributed by atoms with Crippen molar-refractivity contribution >= 4 is 40.1 Å². The Morgan fingerprint density at radius 1 is 0.977 bits per heavy atom. The van der Waals surface area contributed by atoms with Crippen molar-refractivity contribution < 1.29 is 14.4 Å². The van der Waals surface area contributed by atoms with E-state index < -0.39 is 11.0 Å². The molecule has 1 aliphatic heterocycles. The highest BCUT2D eigenvalue weighted by Gasteiger charge is 2.45. The predicted molar refractivity (Wildman–Crippen MR) is 167 cm³/mol. The van der Waals surface area contributed by atoms with Gasteiger partial charge in [0.2, 0.25) is 17.7 Å². The first-order valence-electron chi connectivity index (χ1n) is 14.5. The molecule has 0 spiro atoms. The Kier molecular flexibility index (Phi) is 7.72. The minimum atomic E-state index is -1.22. The van der Waals surface area contributed by atoms with Crippen LogP contribution in [0.3, 0.4) is 0 Å². The zero-order valence-corrected chi connectivity index (χ0v) is 25.5. The van der Waals surface area contributed by atoms with E-state index in [0.717, 1.165) is 11.1 Å². The van der Waals surface area contributed by atoms with Crippen molar-refractivity contribution in [1.29, 1.82) is 0 Å². The molecule has 1 aliphatic rings. The van der Waals surface area contributed by atoms with Gasteiger partial charge in [0.1, 0.15) is 11.0 Å². The van der Waals surface area contributed by atoms with E-state index in [9.17, 15) is 19.2 Å². The molecule has 224 valence electrons. The molecule has 2 aromatic carbocycles. The molecule has 0 atom stereocenters. The van der Waals surface area contributed by atoms with Crippen molar-refractivity contribution in [3.05, 3.63) is 88.6 Å². The SMILES string of the molecule is CCN1C(=O)C(C)(C)C(=O)N(C)c2cc(CN(CCc3cccnc3)C(=O)C(C)(C)n3c(=O)[nH]c4ccccc43)ccc21. The van der Waals surface area contributed by atoms with E-state index in [0.29, 0.717) is 41.9 Å². The summed E-state index contributed by atoms with van der Waals surface area (Å²) in [5.41, 5.74) is 1.56. The summed E-state index contributed by atoms with van der Waals surface area (Å²) in [6.45, 7) is 9.72. The van der Waals surface area contributed by atoms with Crippen LogP contribution in [0.5, 0.6) is 0 Å². The number of rotatable bonds is 8. The summed E-state index contributed by atoms with van der Waals surface area (Å²) in [5, 5.41) is 0. The molecule has 5 rings (SSSR count). The third-order valence-electron chi connectivity index (χ3n) is 8.35. The molecule has 0 aliphatic carbocycles. The van der Waals surface area contributed by atoms with Crippen LogP contribution in [-0.2, 0) is 32.9 Å². The first kappa shape index (κ1) is 29.8. The molecule has 2 aromatic heterocycles. The van der Waals surface area contributed by atoms with Crippen molar-refractivity contribution in [2.75, 3.05) is 29.9 Å². The van der Waals surface area contributed by atoms with E-state index in [1.54, 1.807) is 56.9 Å². The topological polar surface area (TPSA) is 112 Å². The third kappa shape index (κ3) is 5.22. The molecule has 0 bridgehead atoms. The highest BCUT2D eigenvalue weighted by atomic mass is 16.2. The number of nitrogens with zero attached hydrogens (tertiary/aromatic N) is 5. The van der Waals surface area contributed by atoms with Crippen molar-refractivity contribution in [3.8, 4) is 0 Å². The number of amides is 3. The van der Waals surface area contributed by atoms with Gasteiger partial charge in [-0.1, -0.05) is 24.3 Å². The maximum atomic E-state index is 14.4. The van der Waals surface area contributed by atoms with E-state index >= 15 is 0 Å². The lowest BCUT2D eigenvalue weighted by atomic mass is 9.90. The third-order valence-corrected chi connectivity index (χ3v) is 8.35. The van der Waals surface area contributed by atoms with E-state index in [4.69, 9.17) is 0 Å². The number of hydrogen-bond acceptors (Lipinski definition) is 5. The molecular formula is C33H38N6O4. The van der Waals surface area contributed by atoms with Crippen LogP contribution < -0.4 is 15.5 Å². The molecule has 10 nitrogen and oxygen atoms in total. The van der Waals surface area contributed by atoms with Crippen LogP contribution in [0.2, 0.25) is 0 Å². The smallest absolute Gasteiger partial charge is 0.327 e. The number of pyridine rings is 1. The molecule has 3 heterocycles. The largest absolute Gasteiger partial charge is 0.336 e. The molecule has 0 saturated carbocycles. The standard InChI is InChI=1S/C33H38N6O4/c1-7-38-26-15-14-23(19-27(26)36(6)28(40)32(2,3)29(38)41)21-37(18-16-22-11-10-17-34-20-22)30(42)33(4,5)39-25-13-9-8-12-24(25)35-31(39)43/h8-15,17,19-20H,7,16,18,21H2,1-6H3,(H,35,43). The zero-order chi connectivity index (χ0) is 31.1. The van der Waals surface area contributed by atoms with Crippen LogP contribution in [0.1, 0.15) is 45.7 Å². The highest BCUT2D eigenvalue weighted by Crippen LogP contribution is 2.39. The van der Waals surface area contributed by atoms with Crippen LogP contribution in [-0.4, -0.2) is 57.3 Å². The number of hydrogen-bond donors (Lipinski definition) is 1. The number of H-pyrrole nitrogens is 1. The lowest BCUT2D eigenvalue weighted by molar-refractivity contribution is -0.140. The number of aromatic amines is 1. The molecule has 0 saturated heterocycles.